The standard InChI is InChI=1S/C14H28N2O4S/c1-3-15-14(17)11-16(4-2)21(18,19)10-9-20-12-13-7-5-6-8-13/h13H,3-12H2,1-2H3,(H,15,17). The highest BCUT2D eigenvalue weighted by Gasteiger charge is 2.23. The summed E-state index contributed by atoms with van der Waals surface area (Å²) in [5.41, 5.74) is 0. The van der Waals surface area contributed by atoms with E-state index < -0.39 is 10.0 Å². The summed E-state index contributed by atoms with van der Waals surface area (Å²) in [7, 11) is -3.43. The van der Waals surface area contributed by atoms with Crippen LogP contribution in [0.4, 0.5) is 0 Å². The Balaban J connectivity index is 2.33. The maximum absolute atomic E-state index is 12.2. The molecular formula is C14H28N2O4S. The lowest BCUT2D eigenvalue weighted by Crippen LogP contribution is -2.42. The molecule has 0 spiro atoms. The van der Waals surface area contributed by atoms with Gasteiger partial charge in [0.1, 0.15) is 0 Å². The molecule has 0 saturated heterocycles. The molecule has 1 N–H and O–H groups in total. The molecule has 0 radical (unpaired) electrons. The number of carbonyl (C=O) groups excluding carboxylic acids is 1. The molecule has 1 aliphatic carbocycles. The number of likely N-dealkylation sites (N-methyl/N-ethyl adjacent to an activating group) is 2. The largest absolute Gasteiger partial charge is 0.380 e. The number of ether oxygens (including phenoxy) is 1. The number of rotatable bonds is 10. The SMILES string of the molecule is CCNC(=O)CN(CC)S(=O)(=O)CCOCC1CCCC1. The Bertz CT molecular complexity index is 405. The molecule has 21 heavy (non-hydrogen) atoms. The van der Waals surface area contributed by atoms with Gasteiger partial charge in [0, 0.05) is 19.7 Å². The lowest BCUT2D eigenvalue weighted by Gasteiger charge is -2.20. The Hall–Kier alpha value is -0.660. The van der Waals surface area contributed by atoms with Crippen LogP contribution in [0.2, 0.25) is 0 Å². The van der Waals surface area contributed by atoms with Crippen LogP contribution in [0.1, 0.15) is 39.5 Å². The van der Waals surface area contributed by atoms with Crippen molar-refractivity contribution in [2.24, 2.45) is 5.92 Å². The van der Waals surface area contributed by atoms with Crippen molar-refractivity contribution >= 4 is 15.9 Å². The van der Waals surface area contributed by atoms with Crippen LogP contribution in [0, 0.1) is 5.92 Å². The highest BCUT2D eigenvalue weighted by atomic mass is 32.2. The van der Waals surface area contributed by atoms with Crippen molar-refractivity contribution in [3.8, 4) is 0 Å². The summed E-state index contributed by atoms with van der Waals surface area (Å²) < 4.78 is 31.0. The Labute approximate surface area is 128 Å². The minimum Gasteiger partial charge on any atom is -0.380 e. The Kier molecular flexibility index (Phi) is 8.21. The number of sulfonamides is 1. The number of hydrogen-bond acceptors (Lipinski definition) is 4. The van der Waals surface area contributed by atoms with Crippen molar-refractivity contribution in [3.63, 3.8) is 0 Å². The highest BCUT2D eigenvalue weighted by Crippen LogP contribution is 2.24. The summed E-state index contributed by atoms with van der Waals surface area (Å²) in [6.45, 7) is 5.07. The van der Waals surface area contributed by atoms with Crippen LogP contribution >= 0.6 is 0 Å². The quantitative estimate of drug-likeness (QED) is 0.609. The first kappa shape index (κ1) is 18.4. The van der Waals surface area contributed by atoms with Gasteiger partial charge in [0.15, 0.2) is 0 Å². The van der Waals surface area contributed by atoms with Crippen molar-refractivity contribution < 1.29 is 17.9 Å². The summed E-state index contributed by atoms with van der Waals surface area (Å²) in [6, 6.07) is 0. The van der Waals surface area contributed by atoms with E-state index in [-0.39, 0.29) is 24.8 Å². The first-order valence-electron chi connectivity index (χ1n) is 7.81. The first-order valence-corrected chi connectivity index (χ1v) is 9.42. The molecule has 0 heterocycles. The van der Waals surface area contributed by atoms with E-state index in [9.17, 15) is 13.2 Å². The summed E-state index contributed by atoms with van der Waals surface area (Å²) in [5.74, 6) is 0.257. The molecule has 0 bridgehead atoms. The molecular weight excluding hydrogens is 292 g/mol. The number of carbonyl (C=O) groups is 1. The predicted molar refractivity (Wildman–Crippen MR) is 82.5 cm³/mol. The minimum atomic E-state index is -3.43. The average Bonchev–Trinajstić information content (AvgIpc) is 2.94. The fraction of sp³-hybridized carbons (Fsp3) is 0.929. The van der Waals surface area contributed by atoms with Crippen molar-refractivity contribution in [1.29, 1.82) is 0 Å². The van der Waals surface area contributed by atoms with Gasteiger partial charge in [-0.1, -0.05) is 19.8 Å². The van der Waals surface area contributed by atoms with E-state index in [0.29, 0.717) is 25.6 Å². The highest BCUT2D eigenvalue weighted by molar-refractivity contribution is 7.89. The van der Waals surface area contributed by atoms with Crippen LogP contribution in [-0.2, 0) is 19.6 Å². The van der Waals surface area contributed by atoms with Gasteiger partial charge in [-0.25, -0.2) is 8.42 Å². The van der Waals surface area contributed by atoms with Crippen LogP contribution in [-0.4, -0.2) is 57.2 Å². The average molecular weight is 320 g/mol. The zero-order valence-electron chi connectivity index (χ0n) is 13.1. The van der Waals surface area contributed by atoms with Gasteiger partial charge in [0.05, 0.1) is 18.9 Å². The monoisotopic (exact) mass is 320 g/mol. The lowest BCUT2D eigenvalue weighted by atomic mass is 10.1. The molecule has 0 aromatic rings. The van der Waals surface area contributed by atoms with Gasteiger partial charge in [-0.15, -0.1) is 0 Å². The molecule has 1 fully saturated rings. The van der Waals surface area contributed by atoms with E-state index in [1.54, 1.807) is 13.8 Å². The predicted octanol–water partition coefficient (Wildman–Crippen LogP) is 0.981. The normalized spacial score (nSPS) is 16.5. The zero-order valence-corrected chi connectivity index (χ0v) is 14.0. The summed E-state index contributed by atoms with van der Waals surface area (Å²) >= 11 is 0. The topological polar surface area (TPSA) is 75.7 Å². The second kappa shape index (κ2) is 9.38. The summed E-state index contributed by atoms with van der Waals surface area (Å²) in [4.78, 5) is 11.5. The van der Waals surface area contributed by atoms with Gasteiger partial charge in [0.2, 0.25) is 15.9 Å². The van der Waals surface area contributed by atoms with Crippen molar-refractivity contribution in [2.75, 3.05) is 38.6 Å². The second-order valence-electron chi connectivity index (χ2n) is 5.42. The number of nitrogens with one attached hydrogen (secondary N) is 1. The van der Waals surface area contributed by atoms with Crippen LogP contribution in [0.5, 0.6) is 0 Å². The second-order valence-corrected chi connectivity index (χ2v) is 7.51. The van der Waals surface area contributed by atoms with E-state index in [1.807, 2.05) is 0 Å². The molecule has 0 atom stereocenters. The fourth-order valence-corrected chi connectivity index (χ4v) is 3.83. The maximum Gasteiger partial charge on any atom is 0.235 e. The maximum atomic E-state index is 12.2. The molecule has 7 heteroatoms. The molecule has 1 amide bonds. The van der Waals surface area contributed by atoms with Gasteiger partial charge in [-0.2, -0.15) is 4.31 Å². The van der Waals surface area contributed by atoms with E-state index >= 15 is 0 Å². The molecule has 124 valence electrons. The molecule has 6 nitrogen and oxygen atoms in total. The van der Waals surface area contributed by atoms with E-state index in [0.717, 1.165) is 0 Å². The fourth-order valence-electron chi connectivity index (χ4n) is 2.54. The van der Waals surface area contributed by atoms with Gasteiger partial charge >= 0.3 is 0 Å². The zero-order chi connectivity index (χ0) is 15.7. The number of hydrogen-bond donors (Lipinski definition) is 1. The molecule has 0 aliphatic heterocycles. The summed E-state index contributed by atoms with van der Waals surface area (Å²) in [6.07, 6.45) is 4.88. The molecule has 0 aromatic carbocycles. The van der Waals surface area contributed by atoms with Crippen LogP contribution in [0.25, 0.3) is 0 Å². The summed E-state index contributed by atoms with van der Waals surface area (Å²) in [5, 5.41) is 2.61. The molecule has 1 rings (SSSR count). The first-order chi connectivity index (χ1) is 9.99. The van der Waals surface area contributed by atoms with Crippen molar-refractivity contribution in [3.05, 3.63) is 0 Å². The number of amides is 1. The molecule has 0 unspecified atom stereocenters. The third-order valence-electron chi connectivity index (χ3n) is 3.75. The Morgan fingerprint density at radius 2 is 1.95 bits per heavy atom. The molecule has 0 aromatic heterocycles. The van der Waals surface area contributed by atoms with Gasteiger partial charge in [-0.3, -0.25) is 4.79 Å². The lowest BCUT2D eigenvalue weighted by molar-refractivity contribution is -0.121. The van der Waals surface area contributed by atoms with Gasteiger partial charge in [0.25, 0.3) is 0 Å². The Morgan fingerprint density at radius 1 is 1.29 bits per heavy atom. The van der Waals surface area contributed by atoms with Crippen molar-refractivity contribution in [1.82, 2.24) is 9.62 Å². The molecule has 1 saturated carbocycles. The minimum absolute atomic E-state index is 0.0625. The third-order valence-corrected chi connectivity index (χ3v) is 5.61. The van der Waals surface area contributed by atoms with Crippen LogP contribution in [0.15, 0.2) is 0 Å². The smallest absolute Gasteiger partial charge is 0.235 e. The van der Waals surface area contributed by atoms with E-state index in [4.69, 9.17) is 4.74 Å². The van der Waals surface area contributed by atoms with Crippen LogP contribution in [0.3, 0.4) is 0 Å². The Morgan fingerprint density at radius 3 is 2.52 bits per heavy atom. The van der Waals surface area contributed by atoms with E-state index in [1.165, 1.54) is 30.0 Å². The van der Waals surface area contributed by atoms with Gasteiger partial charge < -0.3 is 10.1 Å². The number of nitrogens with zero attached hydrogens (tertiary/aromatic N) is 1. The van der Waals surface area contributed by atoms with Crippen LogP contribution < -0.4 is 5.32 Å². The van der Waals surface area contributed by atoms with E-state index in [2.05, 4.69) is 5.32 Å². The van der Waals surface area contributed by atoms with Crippen molar-refractivity contribution in [2.45, 2.75) is 39.5 Å². The third kappa shape index (κ3) is 6.76. The van der Waals surface area contributed by atoms with Gasteiger partial charge in [-0.05, 0) is 25.7 Å². The molecule has 1 aliphatic rings.